The number of methoxy groups -OCH3 is 1. The van der Waals surface area contributed by atoms with Gasteiger partial charge in [-0.05, 0) is 42.3 Å². The molecule has 120 valence electrons. The molecule has 0 heterocycles. The van der Waals surface area contributed by atoms with Crippen LogP contribution in [0.25, 0.3) is 5.57 Å². The number of rotatable bonds is 5. The highest BCUT2D eigenvalue weighted by Gasteiger charge is 2.12. The summed E-state index contributed by atoms with van der Waals surface area (Å²) in [7, 11) is 1.60. The highest BCUT2D eigenvalue weighted by Crippen LogP contribution is 2.32. The number of esters is 1. The van der Waals surface area contributed by atoms with E-state index in [9.17, 15) is 4.79 Å². The molecule has 2 rings (SSSR count). The third-order valence-electron chi connectivity index (χ3n) is 3.17. The fourth-order valence-electron chi connectivity index (χ4n) is 2.10. The second kappa shape index (κ2) is 8.04. The van der Waals surface area contributed by atoms with Crippen LogP contribution >= 0.6 is 23.2 Å². The van der Waals surface area contributed by atoms with E-state index in [1.165, 1.54) is 6.08 Å². The predicted molar refractivity (Wildman–Crippen MR) is 93.2 cm³/mol. The van der Waals surface area contributed by atoms with E-state index in [-0.39, 0.29) is 0 Å². The Balaban J connectivity index is 2.52. The maximum absolute atomic E-state index is 11.9. The molecule has 0 radical (unpaired) electrons. The molecular weight excluding hydrogens is 335 g/mol. The summed E-state index contributed by atoms with van der Waals surface area (Å²) in [4.78, 5) is 11.9. The fraction of sp³-hybridized carbons (Fsp3) is 0.167. The number of hydrogen-bond acceptors (Lipinski definition) is 3. The Morgan fingerprint density at radius 2 is 1.83 bits per heavy atom. The van der Waals surface area contributed by atoms with Gasteiger partial charge < -0.3 is 9.47 Å². The smallest absolute Gasteiger partial charge is 0.331 e. The molecule has 2 aromatic carbocycles. The Morgan fingerprint density at radius 3 is 2.39 bits per heavy atom. The average molecular weight is 351 g/mol. The van der Waals surface area contributed by atoms with Crippen LogP contribution < -0.4 is 4.74 Å². The maximum atomic E-state index is 11.9. The molecule has 0 aliphatic carbocycles. The van der Waals surface area contributed by atoms with Gasteiger partial charge in [0.15, 0.2) is 0 Å². The van der Waals surface area contributed by atoms with E-state index in [0.717, 1.165) is 11.3 Å². The van der Waals surface area contributed by atoms with Gasteiger partial charge in [0, 0.05) is 21.7 Å². The van der Waals surface area contributed by atoms with E-state index in [1.54, 1.807) is 32.2 Å². The van der Waals surface area contributed by atoms with Gasteiger partial charge >= 0.3 is 5.97 Å². The van der Waals surface area contributed by atoms with Crippen molar-refractivity contribution in [3.05, 3.63) is 69.7 Å². The van der Waals surface area contributed by atoms with Crippen molar-refractivity contribution < 1.29 is 14.3 Å². The molecule has 0 saturated carbocycles. The lowest BCUT2D eigenvalue weighted by Gasteiger charge is -2.11. The summed E-state index contributed by atoms with van der Waals surface area (Å²) in [6, 6.07) is 12.5. The number of benzene rings is 2. The predicted octanol–water partition coefficient (Wildman–Crippen LogP) is 5.00. The molecular formula is C18H16Cl2O3. The van der Waals surface area contributed by atoms with Crippen molar-refractivity contribution in [2.45, 2.75) is 6.92 Å². The lowest BCUT2D eigenvalue weighted by Crippen LogP contribution is -2.02. The minimum atomic E-state index is -0.427. The second-order valence-corrected chi connectivity index (χ2v) is 5.51. The summed E-state index contributed by atoms with van der Waals surface area (Å²) in [5.41, 5.74) is 2.19. The van der Waals surface area contributed by atoms with E-state index >= 15 is 0 Å². The molecule has 5 heteroatoms. The Hall–Kier alpha value is -1.97. The summed E-state index contributed by atoms with van der Waals surface area (Å²) in [6.07, 6.45) is 1.43. The molecule has 0 amide bonds. The number of halogens is 2. The van der Waals surface area contributed by atoms with Crippen molar-refractivity contribution in [2.75, 3.05) is 13.7 Å². The van der Waals surface area contributed by atoms with Crippen molar-refractivity contribution in [1.29, 1.82) is 0 Å². The molecule has 0 spiro atoms. The first kappa shape index (κ1) is 17.4. The second-order valence-electron chi connectivity index (χ2n) is 4.66. The molecule has 0 aliphatic heterocycles. The van der Waals surface area contributed by atoms with Gasteiger partial charge in [-0.15, -0.1) is 0 Å². The first-order valence-corrected chi connectivity index (χ1v) is 7.79. The molecule has 0 aromatic heterocycles. The number of carbonyl (C=O) groups excluding carboxylic acids is 1. The van der Waals surface area contributed by atoms with Crippen molar-refractivity contribution in [3.8, 4) is 5.75 Å². The highest BCUT2D eigenvalue weighted by molar-refractivity contribution is 6.36. The molecule has 2 aromatic rings. The van der Waals surface area contributed by atoms with Gasteiger partial charge in [-0.25, -0.2) is 4.79 Å². The summed E-state index contributed by atoms with van der Waals surface area (Å²) in [5.74, 6) is 0.302. The van der Waals surface area contributed by atoms with Crippen molar-refractivity contribution >= 4 is 34.7 Å². The third kappa shape index (κ3) is 4.50. The number of carbonyl (C=O) groups is 1. The Bertz CT molecular complexity index is 722. The van der Waals surface area contributed by atoms with Gasteiger partial charge in [-0.1, -0.05) is 41.4 Å². The summed E-state index contributed by atoms with van der Waals surface area (Å²) >= 11 is 12.2. The number of ether oxygens (including phenoxy) is 2. The van der Waals surface area contributed by atoms with Gasteiger partial charge in [0.05, 0.1) is 13.7 Å². The van der Waals surface area contributed by atoms with Crippen LogP contribution in [0.1, 0.15) is 18.1 Å². The van der Waals surface area contributed by atoms with Crippen molar-refractivity contribution in [2.24, 2.45) is 0 Å². The van der Waals surface area contributed by atoms with Crippen LogP contribution in [0.2, 0.25) is 10.0 Å². The molecule has 23 heavy (non-hydrogen) atoms. The topological polar surface area (TPSA) is 35.5 Å². The van der Waals surface area contributed by atoms with E-state index < -0.39 is 5.97 Å². The van der Waals surface area contributed by atoms with Gasteiger partial charge in [-0.3, -0.25) is 0 Å². The Labute approximate surface area is 145 Å². The summed E-state index contributed by atoms with van der Waals surface area (Å²) < 4.78 is 10.2. The average Bonchev–Trinajstić information content (AvgIpc) is 2.54. The largest absolute Gasteiger partial charge is 0.497 e. The van der Waals surface area contributed by atoms with Crippen LogP contribution in [0.5, 0.6) is 5.75 Å². The van der Waals surface area contributed by atoms with Crippen molar-refractivity contribution in [3.63, 3.8) is 0 Å². The third-order valence-corrected chi connectivity index (χ3v) is 3.72. The van der Waals surface area contributed by atoms with E-state index in [1.807, 2.05) is 24.3 Å². The lowest BCUT2D eigenvalue weighted by molar-refractivity contribution is -0.137. The lowest BCUT2D eigenvalue weighted by atomic mass is 9.97. The van der Waals surface area contributed by atoms with Crippen LogP contribution in [0.3, 0.4) is 0 Å². The highest BCUT2D eigenvalue weighted by atomic mass is 35.5. The zero-order chi connectivity index (χ0) is 16.8. The zero-order valence-electron chi connectivity index (χ0n) is 12.8. The standard InChI is InChI=1S/C18H16Cl2O3/c1-3-23-18(21)11-16(12-4-7-14(22-2)8-5-12)15-9-6-13(19)10-17(15)20/h4-11H,3H2,1-2H3/b16-11-. The molecule has 0 atom stereocenters. The number of hydrogen-bond donors (Lipinski definition) is 0. The van der Waals surface area contributed by atoms with Gasteiger partial charge in [0.1, 0.15) is 5.75 Å². The van der Waals surface area contributed by atoms with E-state index in [0.29, 0.717) is 27.8 Å². The van der Waals surface area contributed by atoms with Crippen LogP contribution in [0, 0.1) is 0 Å². The summed E-state index contributed by atoms with van der Waals surface area (Å²) in [5, 5.41) is 0.993. The monoisotopic (exact) mass is 350 g/mol. The minimum Gasteiger partial charge on any atom is -0.497 e. The van der Waals surface area contributed by atoms with Crippen LogP contribution in [-0.2, 0) is 9.53 Å². The van der Waals surface area contributed by atoms with Gasteiger partial charge in [0.2, 0.25) is 0 Å². The van der Waals surface area contributed by atoms with E-state index in [2.05, 4.69) is 0 Å². The first-order chi connectivity index (χ1) is 11.0. The summed E-state index contributed by atoms with van der Waals surface area (Å²) in [6.45, 7) is 2.06. The minimum absolute atomic E-state index is 0.305. The molecule has 0 N–H and O–H groups in total. The Kier molecular flexibility index (Phi) is 6.08. The zero-order valence-corrected chi connectivity index (χ0v) is 14.3. The van der Waals surface area contributed by atoms with E-state index in [4.69, 9.17) is 32.7 Å². The van der Waals surface area contributed by atoms with Gasteiger partial charge in [0.25, 0.3) is 0 Å². The van der Waals surface area contributed by atoms with Crippen LogP contribution in [-0.4, -0.2) is 19.7 Å². The molecule has 0 unspecified atom stereocenters. The molecule has 3 nitrogen and oxygen atoms in total. The normalized spacial score (nSPS) is 11.2. The first-order valence-electron chi connectivity index (χ1n) is 7.03. The van der Waals surface area contributed by atoms with Crippen molar-refractivity contribution in [1.82, 2.24) is 0 Å². The van der Waals surface area contributed by atoms with Crippen LogP contribution in [0.15, 0.2) is 48.5 Å². The molecule has 0 saturated heterocycles. The Morgan fingerprint density at radius 1 is 1.13 bits per heavy atom. The fourth-order valence-corrected chi connectivity index (χ4v) is 2.61. The molecule has 0 aliphatic rings. The maximum Gasteiger partial charge on any atom is 0.331 e. The quantitative estimate of drug-likeness (QED) is 0.562. The SMILES string of the molecule is CCOC(=O)/C=C(/c1ccc(OC)cc1)c1ccc(Cl)cc1Cl. The van der Waals surface area contributed by atoms with Gasteiger partial charge in [-0.2, -0.15) is 0 Å². The van der Waals surface area contributed by atoms with Crippen LogP contribution in [0.4, 0.5) is 0 Å². The molecule has 0 fully saturated rings. The molecule has 0 bridgehead atoms.